The Morgan fingerprint density at radius 1 is 1.50 bits per heavy atom. The Morgan fingerprint density at radius 3 is 2.61 bits per heavy atom. The topological polar surface area (TPSA) is 72.9 Å². The number of ether oxygens (including phenoxy) is 2. The SMILES string of the molecule is CC(C)(C)OC(=O)N1CCOC(CS(=O)(=O)Cl)C1. The van der Waals surface area contributed by atoms with Crippen LogP contribution in [-0.4, -0.2) is 56.6 Å². The summed E-state index contributed by atoms with van der Waals surface area (Å²) in [5.74, 6) is -0.312. The van der Waals surface area contributed by atoms with Crippen molar-refractivity contribution in [2.45, 2.75) is 32.5 Å². The molecule has 18 heavy (non-hydrogen) atoms. The third-order valence-corrected chi connectivity index (χ3v) is 3.32. The lowest BCUT2D eigenvalue weighted by Crippen LogP contribution is -2.49. The van der Waals surface area contributed by atoms with Gasteiger partial charge in [0, 0.05) is 17.2 Å². The zero-order chi connectivity index (χ0) is 14.0. The normalized spacial score (nSPS) is 21.8. The Bertz CT molecular complexity index is 403. The summed E-state index contributed by atoms with van der Waals surface area (Å²) in [6, 6.07) is 0. The summed E-state index contributed by atoms with van der Waals surface area (Å²) < 4.78 is 32.4. The average Bonchev–Trinajstić information content (AvgIpc) is 2.12. The van der Waals surface area contributed by atoms with E-state index in [1.54, 1.807) is 20.8 Å². The Labute approximate surface area is 112 Å². The van der Waals surface area contributed by atoms with Crippen molar-refractivity contribution < 1.29 is 22.7 Å². The van der Waals surface area contributed by atoms with E-state index in [9.17, 15) is 13.2 Å². The number of amides is 1. The summed E-state index contributed by atoms with van der Waals surface area (Å²) in [4.78, 5) is 13.2. The van der Waals surface area contributed by atoms with Crippen LogP contribution < -0.4 is 0 Å². The van der Waals surface area contributed by atoms with Crippen LogP contribution in [0.25, 0.3) is 0 Å². The minimum absolute atomic E-state index is 0.168. The van der Waals surface area contributed by atoms with Gasteiger partial charge in [0.25, 0.3) is 0 Å². The van der Waals surface area contributed by atoms with Crippen molar-refractivity contribution in [3.05, 3.63) is 0 Å². The molecule has 0 aromatic heterocycles. The van der Waals surface area contributed by atoms with Crippen molar-refractivity contribution in [3.8, 4) is 0 Å². The van der Waals surface area contributed by atoms with Crippen molar-refractivity contribution in [2.75, 3.05) is 25.4 Å². The molecule has 6 nitrogen and oxygen atoms in total. The molecule has 0 aliphatic carbocycles. The molecule has 1 aliphatic rings. The van der Waals surface area contributed by atoms with Crippen LogP contribution in [0.2, 0.25) is 0 Å². The van der Waals surface area contributed by atoms with Crippen molar-refractivity contribution in [2.24, 2.45) is 0 Å². The molecular weight excluding hydrogens is 282 g/mol. The fourth-order valence-corrected chi connectivity index (χ4v) is 2.60. The lowest BCUT2D eigenvalue weighted by Gasteiger charge is -2.33. The van der Waals surface area contributed by atoms with Gasteiger partial charge in [0.15, 0.2) is 0 Å². The molecule has 1 atom stereocenters. The Hall–Kier alpha value is -0.530. The van der Waals surface area contributed by atoms with Crippen LogP contribution in [0.1, 0.15) is 20.8 Å². The summed E-state index contributed by atoms with van der Waals surface area (Å²) in [5.41, 5.74) is -0.580. The van der Waals surface area contributed by atoms with Crippen LogP contribution in [-0.2, 0) is 18.5 Å². The van der Waals surface area contributed by atoms with E-state index >= 15 is 0 Å². The molecule has 0 bridgehead atoms. The van der Waals surface area contributed by atoms with Crippen molar-refractivity contribution >= 4 is 25.8 Å². The molecule has 1 heterocycles. The maximum atomic E-state index is 11.8. The first-order valence-corrected chi connectivity index (χ1v) is 8.06. The van der Waals surface area contributed by atoms with Gasteiger partial charge in [0.1, 0.15) is 5.60 Å². The van der Waals surface area contributed by atoms with Gasteiger partial charge in [-0.25, -0.2) is 13.2 Å². The molecule has 0 spiro atoms. The first-order valence-electron chi connectivity index (χ1n) is 5.59. The van der Waals surface area contributed by atoms with E-state index in [-0.39, 0.29) is 18.9 Å². The second-order valence-corrected chi connectivity index (χ2v) is 7.95. The number of rotatable bonds is 2. The molecule has 1 aliphatic heterocycles. The molecule has 0 aromatic carbocycles. The molecule has 1 fully saturated rings. The lowest BCUT2D eigenvalue weighted by molar-refractivity contribution is -0.0341. The number of hydrogen-bond acceptors (Lipinski definition) is 5. The lowest BCUT2D eigenvalue weighted by atomic mass is 10.2. The Morgan fingerprint density at radius 2 is 2.11 bits per heavy atom. The summed E-state index contributed by atoms with van der Waals surface area (Å²) in [6.45, 7) is 6.13. The summed E-state index contributed by atoms with van der Waals surface area (Å²) in [5, 5.41) is 0. The zero-order valence-corrected chi connectivity index (χ0v) is 12.3. The van der Waals surface area contributed by atoms with Gasteiger partial charge in [-0.05, 0) is 20.8 Å². The van der Waals surface area contributed by atoms with Crippen LogP contribution >= 0.6 is 10.7 Å². The third-order valence-electron chi connectivity index (χ3n) is 2.18. The van der Waals surface area contributed by atoms with Gasteiger partial charge >= 0.3 is 6.09 Å². The first kappa shape index (κ1) is 15.5. The van der Waals surface area contributed by atoms with Gasteiger partial charge in [-0.1, -0.05) is 0 Å². The fourth-order valence-electron chi connectivity index (χ4n) is 1.53. The zero-order valence-electron chi connectivity index (χ0n) is 10.7. The van der Waals surface area contributed by atoms with Crippen LogP contribution in [0.5, 0.6) is 0 Å². The van der Waals surface area contributed by atoms with Gasteiger partial charge in [-0.2, -0.15) is 0 Å². The van der Waals surface area contributed by atoms with E-state index in [4.69, 9.17) is 20.2 Å². The second-order valence-electron chi connectivity index (χ2n) is 5.12. The first-order chi connectivity index (χ1) is 8.07. The van der Waals surface area contributed by atoms with Crippen LogP contribution in [0.15, 0.2) is 0 Å². The van der Waals surface area contributed by atoms with Gasteiger partial charge < -0.3 is 14.4 Å². The van der Waals surface area contributed by atoms with Crippen LogP contribution in [0, 0.1) is 0 Å². The molecule has 1 rings (SSSR count). The van der Waals surface area contributed by atoms with E-state index in [0.29, 0.717) is 6.54 Å². The molecule has 1 saturated heterocycles. The van der Waals surface area contributed by atoms with Crippen molar-refractivity contribution in [1.29, 1.82) is 0 Å². The predicted molar refractivity (Wildman–Crippen MR) is 67.2 cm³/mol. The molecule has 0 aromatic rings. The van der Waals surface area contributed by atoms with Crippen LogP contribution in [0.3, 0.4) is 0 Å². The summed E-state index contributed by atoms with van der Waals surface area (Å²) in [7, 11) is 1.52. The predicted octanol–water partition coefficient (Wildman–Crippen LogP) is 1.19. The Balaban J connectivity index is 2.56. The van der Waals surface area contributed by atoms with E-state index in [2.05, 4.69) is 0 Å². The Kier molecular flexibility index (Phi) is 4.85. The number of halogens is 1. The van der Waals surface area contributed by atoms with Gasteiger partial charge in [-0.15, -0.1) is 0 Å². The van der Waals surface area contributed by atoms with Gasteiger partial charge in [0.2, 0.25) is 9.05 Å². The molecule has 1 unspecified atom stereocenters. The molecule has 1 amide bonds. The number of morpholine rings is 1. The molecule has 0 N–H and O–H groups in total. The molecular formula is C10H18ClNO5S. The van der Waals surface area contributed by atoms with Gasteiger partial charge in [0.05, 0.1) is 25.0 Å². The molecule has 106 valence electrons. The van der Waals surface area contributed by atoms with E-state index in [1.807, 2.05) is 0 Å². The summed E-state index contributed by atoms with van der Waals surface area (Å²) in [6.07, 6.45) is -1.07. The maximum Gasteiger partial charge on any atom is 0.410 e. The highest BCUT2D eigenvalue weighted by Gasteiger charge is 2.30. The minimum Gasteiger partial charge on any atom is -0.444 e. The highest BCUT2D eigenvalue weighted by Crippen LogP contribution is 2.14. The smallest absolute Gasteiger partial charge is 0.410 e. The van der Waals surface area contributed by atoms with E-state index in [0.717, 1.165) is 0 Å². The highest BCUT2D eigenvalue weighted by atomic mass is 35.7. The summed E-state index contributed by atoms with van der Waals surface area (Å²) >= 11 is 0. The van der Waals surface area contributed by atoms with E-state index in [1.165, 1.54) is 4.90 Å². The number of hydrogen-bond donors (Lipinski definition) is 0. The molecule has 0 saturated carbocycles. The number of nitrogens with zero attached hydrogens (tertiary/aromatic N) is 1. The second kappa shape index (κ2) is 5.63. The maximum absolute atomic E-state index is 11.8. The highest BCUT2D eigenvalue weighted by molar-refractivity contribution is 8.13. The standard InChI is InChI=1S/C10H18ClNO5S/c1-10(2,3)17-9(13)12-4-5-16-8(6-12)7-18(11,14)15/h8H,4-7H2,1-3H3. The largest absolute Gasteiger partial charge is 0.444 e. The van der Waals surface area contributed by atoms with Crippen LogP contribution in [0.4, 0.5) is 4.79 Å². The quantitative estimate of drug-likeness (QED) is 0.716. The van der Waals surface area contributed by atoms with Gasteiger partial charge in [-0.3, -0.25) is 0 Å². The third kappa shape index (κ3) is 5.88. The molecule has 0 radical (unpaired) electrons. The number of carbonyl (C=O) groups excluding carboxylic acids is 1. The average molecular weight is 300 g/mol. The molecule has 8 heteroatoms. The van der Waals surface area contributed by atoms with Crippen molar-refractivity contribution in [3.63, 3.8) is 0 Å². The van der Waals surface area contributed by atoms with E-state index < -0.39 is 26.8 Å². The van der Waals surface area contributed by atoms with Crippen molar-refractivity contribution in [1.82, 2.24) is 4.90 Å². The monoisotopic (exact) mass is 299 g/mol. The minimum atomic E-state index is -3.64. The number of carbonyl (C=O) groups is 1. The fraction of sp³-hybridized carbons (Fsp3) is 0.900.